The number of hydrogen-bond donors (Lipinski definition) is 0. The maximum Gasteiger partial charge on any atom is 0.208 e. The van der Waals surface area contributed by atoms with E-state index in [1.54, 1.807) is 0 Å². The molecule has 0 aromatic carbocycles. The van der Waals surface area contributed by atoms with Crippen LogP contribution in [-0.4, -0.2) is 26.7 Å². The quantitative estimate of drug-likeness (QED) is 0.520. The van der Waals surface area contributed by atoms with Gasteiger partial charge in [-0.3, -0.25) is 4.57 Å². The van der Waals surface area contributed by atoms with Gasteiger partial charge in [-0.2, -0.15) is 0 Å². The van der Waals surface area contributed by atoms with E-state index in [0.717, 1.165) is 0 Å². The topological polar surface area (TPSA) is 35.5 Å². The summed E-state index contributed by atoms with van der Waals surface area (Å²) in [7, 11) is -0.177. The SMILES string of the molecule is COP(=O)(OC)[C-](SC)SC. The Hall–Kier alpha value is 0.850. The standard InChI is InChI=1S/C5H12O3PS2/c1-7-9(6,8-2)5(10-3)11-4/h1-4H3/q-1. The van der Waals surface area contributed by atoms with E-state index in [1.807, 2.05) is 12.5 Å². The van der Waals surface area contributed by atoms with Crippen LogP contribution in [0.25, 0.3) is 0 Å². The lowest BCUT2D eigenvalue weighted by atomic mass is 11.8. The summed E-state index contributed by atoms with van der Waals surface area (Å²) in [5.41, 5.74) is 0. The van der Waals surface area contributed by atoms with Gasteiger partial charge in [0.05, 0.1) is 0 Å². The normalized spacial score (nSPS) is 12.5. The van der Waals surface area contributed by atoms with Crippen LogP contribution in [-0.2, 0) is 13.6 Å². The van der Waals surface area contributed by atoms with Crippen LogP contribution in [0, 0.1) is 4.32 Å². The zero-order chi connectivity index (χ0) is 8.91. The zero-order valence-electron chi connectivity index (χ0n) is 6.99. The van der Waals surface area contributed by atoms with Crippen LogP contribution in [0.3, 0.4) is 0 Å². The second-order valence-electron chi connectivity index (χ2n) is 1.54. The van der Waals surface area contributed by atoms with E-state index in [0.29, 0.717) is 4.32 Å². The highest BCUT2D eigenvalue weighted by molar-refractivity contribution is 8.27. The average Bonchev–Trinajstić information content (AvgIpc) is 2.06. The minimum atomic E-state index is -2.95. The third kappa shape index (κ3) is 2.99. The van der Waals surface area contributed by atoms with Gasteiger partial charge in [-0.15, -0.1) is 0 Å². The molecule has 0 aliphatic rings. The van der Waals surface area contributed by atoms with Gasteiger partial charge < -0.3 is 32.6 Å². The summed E-state index contributed by atoms with van der Waals surface area (Å²) in [4.78, 5) is 0. The van der Waals surface area contributed by atoms with Crippen molar-refractivity contribution in [3.05, 3.63) is 4.32 Å². The summed E-state index contributed by atoms with van der Waals surface area (Å²) in [5.74, 6) is 0. The molecule has 0 saturated heterocycles. The van der Waals surface area contributed by atoms with Gasteiger partial charge in [-0.05, 0) is 12.5 Å². The summed E-state index contributed by atoms with van der Waals surface area (Å²) >= 11 is 2.79. The molecule has 0 fully saturated rings. The van der Waals surface area contributed by atoms with Crippen LogP contribution in [0.1, 0.15) is 0 Å². The molecule has 0 N–H and O–H groups in total. The van der Waals surface area contributed by atoms with Gasteiger partial charge in [-0.1, -0.05) is 4.32 Å². The molecule has 11 heavy (non-hydrogen) atoms. The molecule has 0 aliphatic heterocycles. The van der Waals surface area contributed by atoms with Crippen molar-refractivity contribution in [3.63, 3.8) is 0 Å². The smallest absolute Gasteiger partial charge is 0.208 e. The van der Waals surface area contributed by atoms with Crippen molar-refractivity contribution in [2.75, 3.05) is 26.7 Å². The van der Waals surface area contributed by atoms with Gasteiger partial charge in [-0.25, -0.2) is 0 Å². The first kappa shape index (κ1) is 11.8. The Bertz CT molecular complexity index is 141. The summed E-state index contributed by atoms with van der Waals surface area (Å²) in [6.07, 6.45) is 3.69. The maximum atomic E-state index is 11.6. The Kier molecular flexibility index (Phi) is 5.91. The zero-order valence-corrected chi connectivity index (χ0v) is 9.52. The Morgan fingerprint density at radius 1 is 1.18 bits per heavy atom. The summed E-state index contributed by atoms with van der Waals surface area (Å²) < 4.78 is 21.8. The fourth-order valence-electron chi connectivity index (χ4n) is 0.531. The average molecular weight is 215 g/mol. The Labute approximate surface area is 76.1 Å². The van der Waals surface area contributed by atoms with Gasteiger partial charge in [0, 0.05) is 14.2 Å². The molecular weight excluding hydrogens is 203 g/mol. The van der Waals surface area contributed by atoms with Crippen LogP contribution in [0.2, 0.25) is 0 Å². The third-order valence-corrected chi connectivity index (χ3v) is 6.60. The van der Waals surface area contributed by atoms with Crippen LogP contribution < -0.4 is 0 Å². The summed E-state index contributed by atoms with van der Waals surface area (Å²) in [5, 5.41) is 0. The van der Waals surface area contributed by atoms with E-state index in [4.69, 9.17) is 9.05 Å². The van der Waals surface area contributed by atoms with Gasteiger partial charge >= 0.3 is 0 Å². The van der Waals surface area contributed by atoms with E-state index < -0.39 is 7.60 Å². The lowest BCUT2D eigenvalue weighted by molar-refractivity contribution is 0.284. The van der Waals surface area contributed by atoms with Crippen LogP contribution >= 0.6 is 31.1 Å². The highest BCUT2D eigenvalue weighted by Crippen LogP contribution is 2.64. The molecule has 3 nitrogen and oxygen atoms in total. The number of hydrogen-bond acceptors (Lipinski definition) is 5. The maximum absolute atomic E-state index is 11.6. The lowest BCUT2D eigenvalue weighted by Crippen LogP contribution is -1.94. The molecule has 0 aromatic heterocycles. The van der Waals surface area contributed by atoms with Crippen LogP contribution in [0.15, 0.2) is 0 Å². The van der Waals surface area contributed by atoms with Crippen molar-refractivity contribution in [2.24, 2.45) is 0 Å². The second kappa shape index (κ2) is 5.49. The summed E-state index contributed by atoms with van der Waals surface area (Å²) in [6, 6.07) is 0. The molecule has 0 amide bonds. The highest BCUT2D eigenvalue weighted by Gasteiger charge is 2.18. The molecule has 0 heterocycles. The van der Waals surface area contributed by atoms with Crippen molar-refractivity contribution in [2.45, 2.75) is 0 Å². The van der Waals surface area contributed by atoms with Crippen molar-refractivity contribution in [3.8, 4) is 0 Å². The van der Waals surface area contributed by atoms with Crippen LogP contribution in [0.4, 0.5) is 0 Å². The number of rotatable bonds is 5. The summed E-state index contributed by atoms with van der Waals surface area (Å²) in [6.45, 7) is 0. The van der Waals surface area contributed by atoms with E-state index in [2.05, 4.69) is 0 Å². The van der Waals surface area contributed by atoms with Crippen molar-refractivity contribution in [1.82, 2.24) is 0 Å². The minimum absolute atomic E-state index is 0.683. The molecule has 0 atom stereocenters. The van der Waals surface area contributed by atoms with E-state index in [9.17, 15) is 4.57 Å². The van der Waals surface area contributed by atoms with Crippen molar-refractivity contribution >= 4 is 31.1 Å². The van der Waals surface area contributed by atoms with E-state index >= 15 is 0 Å². The molecule has 0 saturated carbocycles. The van der Waals surface area contributed by atoms with E-state index in [-0.39, 0.29) is 0 Å². The monoisotopic (exact) mass is 215 g/mol. The lowest BCUT2D eigenvalue weighted by Gasteiger charge is -2.33. The van der Waals surface area contributed by atoms with Crippen molar-refractivity contribution in [1.29, 1.82) is 0 Å². The first-order valence-corrected chi connectivity index (χ1v) is 6.80. The molecule has 0 radical (unpaired) electrons. The molecule has 6 heteroatoms. The van der Waals surface area contributed by atoms with Gasteiger partial charge in [0.2, 0.25) is 7.60 Å². The molecule has 0 bridgehead atoms. The third-order valence-electron chi connectivity index (χ3n) is 1.05. The molecular formula is C5H12O3PS2-. The van der Waals surface area contributed by atoms with Gasteiger partial charge in [0.15, 0.2) is 0 Å². The van der Waals surface area contributed by atoms with Crippen molar-refractivity contribution < 1.29 is 13.6 Å². The van der Waals surface area contributed by atoms with Gasteiger partial charge in [0.1, 0.15) is 0 Å². The number of thioether (sulfide) groups is 2. The molecule has 0 rings (SSSR count). The van der Waals surface area contributed by atoms with Crippen LogP contribution in [0.5, 0.6) is 0 Å². The predicted molar refractivity (Wildman–Crippen MR) is 51.9 cm³/mol. The Balaban J connectivity index is 4.32. The molecule has 0 aliphatic carbocycles. The predicted octanol–water partition coefficient (Wildman–Crippen LogP) is 2.65. The first-order valence-electron chi connectivity index (χ1n) is 2.81. The Morgan fingerprint density at radius 2 is 1.55 bits per heavy atom. The molecule has 0 spiro atoms. The highest BCUT2D eigenvalue weighted by atomic mass is 32.2. The van der Waals surface area contributed by atoms with Gasteiger partial charge in [0.25, 0.3) is 0 Å². The second-order valence-corrected chi connectivity index (χ2v) is 6.21. The molecule has 0 unspecified atom stereocenters. The molecule has 0 aromatic rings. The minimum Gasteiger partial charge on any atom is -0.333 e. The Morgan fingerprint density at radius 3 is 1.64 bits per heavy atom. The fraction of sp³-hybridized carbons (Fsp3) is 0.800. The fourth-order valence-corrected chi connectivity index (χ4v) is 4.33. The molecule has 68 valence electrons. The largest absolute Gasteiger partial charge is 0.333 e. The first-order chi connectivity index (χ1) is 5.14. The van der Waals surface area contributed by atoms with E-state index in [1.165, 1.54) is 37.7 Å².